The number of nitrogens with two attached hydrogens (primary N) is 1. The van der Waals surface area contributed by atoms with Crippen molar-refractivity contribution in [2.45, 2.75) is 39.2 Å². The molecule has 0 aromatic heterocycles. The molecule has 2 rings (SSSR count). The van der Waals surface area contributed by atoms with Crippen molar-refractivity contribution in [1.29, 1.82) is 0 Å². The Morgan fingerprint density at radius 3 is 2.53 bits per heavy atom. The lowest BCUT2D eigenvalue weighted by atomic mass is 9.86. The SMILES string of the molecule is CCN1C(N)=NCC12CCN(CC(C)C)CC2. The average Bonchev–Trinajstić information content (AvgIpc) is 2.59. The first kappa shape index (κ1) is 12.7. The first-order chi connectivity index (χ1) is 8.07. The molecular weight excluding hydrogens is 212 g/mol. The third kappa shape index (κ3) is 2.41. The van der Waals surface area contributed by atoms with Gasteiger partial charge in [0.15, 0.2) is 5.96 Å². The van der Waals surface area contributed by atoms with Crippen LogP contribution in [0, 0.1) is 5.92 Å². The van der Waals surface area contributed by atoms with Crippen LogP contribution in [0.4, 0.5) is 0 Å². The lowest BCUT2D eigenvalue weighted by Crippen LogP contribution is -2.57. The van der Waals surface area contributed by atoms with Crippen molar-refractivity contribution in [3.05, 3.63) is 0 Å². The summed E-state index contributed by atoms with van der Waals surface area (Å²) in [7, 11) is 0. The van der Waals surface area contributed by atoms with Gasteiger partial charge in [-0.1, -0.05) is 13.8 Å². The van der Waals surface area contributed by atoms with Crippen molar-refractivity contribution in [1.82, 2.24) is 9.80 Å². The summed E-state index contributed by atoms with van der Waals surface area (Å²) in [4.78, 5) is 9.35. The molecule has 0 saturated carbocycles. The van der Waals surface area contributed by atoms with Gasteiger partial charge in [0.25, 0.3) is 0 Å². The van der Waals surface area contributed by atoms with Gasteiger partial charge in [-0.05, 0) is 25.7 Å². The number of nitrogens with zero attached hydrogens (tertiary/aromatic N) is 3. The van der Waals surface area contributed by atoms with Crippen LogP contribution in [0.15, 0.2) is 4.99 Å². The summed E-state index contributed by atoms with van der Waals surface area (Å²) in [5.41, 5.74) is 6.22. The Balaban J connectivity index is 1.94. The van der Waals surface area contributed by atoms with Crippen LogP contribution in [0.1, 0.15) is 33.6 Å². The molecule has 1 spiro atoms. The predicted octanol–water partition coefficient (Wildman–Crippen LogP) is 1.13. The Bertz CT molecular complexity index is 290. The van der Waals surface area contributed by atoms with Crippen LogP contribution in [0.2, 0.25) is 0 Å². The molecule has 4 heteroatoms. The second kappa shape index (κ2) is 4.84. The molecule has 0 aliphatic carbocycles. The lowest BCUT2D eigenvalue weighted by Gasteiger charge is -2.45. The fraction of sp³-hybridized carbons (Fsp3) is 0.923. The summed E-state index contributed by atoms with van der Waals surface area (Å²) in [5.74, 6) is 1.51. The molecule has 2 aliphatic heterocycles. The van der Waals surface area contributed by atoms with Gasteiger partial charge >= 0.3 is 0 Å². The largest absolute Gasteiger partial charge is 0.370 e. The monoisotopic (exact) mass is 238 g/mol. The first-order valence-corrected chi connectivity index (χ1v) is 6.87. The lowest BCUT2D eigenvalue weighted by molar-refractivity contribution is 0.0823. The fourth-order valence-corrected chi connectivity index (χ4v) is 3.24. The number of aliphatic imine (C=N–C) groups is 1. The molecular formula is C13H26N4. The van der Waals surface area contributed by atoms with Gasteiger partial charge in [-0.3, -0.25) is 4.99 Å². The van der Waals surface area contributed by atoms with Crippen molar-refractivity contribution in [3.8, 4) is 0 Å². The maximum absolute atomic E-state index is 5.97. The van der Waals surface area contributed by atoms with Crippen LogP contribution < -0.4 is 5.73 Å². The molecule has 1 saturated heterocycles. The Kier molecular flexibility index (Phi) is 3.61. The normalized spacial score (nSPS) is 24.7. The number of hydrogen-bond acceptors (Lipinski definition) is 4. The zero-order chi connectivity index (χ0) is 12.5. The number of rotatable bonds is 3. The van der Waals surface area contributed by atoms with E-state index in [9.17, 15) is 0 Å². The van der Waals surface area contributed by atoms with Gasteiger partial charge in [-0.2, -0.15) is 0 Å². The predicted molar refractivity (Wildman–Crippen MR) is 72.1 cm³/mol. The van der Waals surface area contributed by atoms with E-state index in [-0.39, 0.29) is 5.54 Å². The Morgan fingerprint density at radius 1 is 1.35 bits per heavy atom. The number of likely N-dealkylation sites (tertiary alicyclic amines) is 1. The molecule has 2 aliphatic rings. The summed E-state index contributed by atoms with van der Waals surface area (Å²) in [6, 6.07) is 0. The van der Waals surface area contributed by atoms with Crippen molar-refractivity contribution < 1.29 is 0 Å². The standard InChI is InChI=1S/C13H26N4/c1-4-17-12(14)15-10-13(17)5-7-16(8-6-13)9-11(2)3/h11H,4-10H2,1-3H3,(H2,14,15). The fourth-order valence-electron chi connectivity index (χ4n) is 3.24. The van der Waals surface area contributed by atoms with Crippen molar-refractivity contribution in [2.75, 3.05) is 32.7 Å². The van der Waals surface area contributed by atoms with Crippen molar-refractivity contribution in [2.24, 2.45) is 16.6 Å². The van der Waals surface area contributed by atoms with E-state index in [2.05, 4.69) is 35.6 Å². The zero-order valence-electron chi connectivity index (χ0n) is 11.4. The maximum atomic E-state index is 5.97. The van der Waals surface area contributed by atoms with Crippen LogP contribution >= 0.6 is 0 Å². The smallest absolute Gasteiger partial charge is 0.191 e. The summed E-state index contributed by atoms with van der Waals surface area (Å²) in [6.07, 6.45) is 2.41. The van der Waals surface area contributed by atoms with Crippen LogP contribution in [0.3, 0.4) is 0 Å². The molecule has 2 heterocycles. The Labute approximate surface area is 105 Å². The van der Waals surface area contributed by atoms with E-state index in [0.29, 0.717) is 0 Å². The highest BCUT2D eigenvalue weighted by Gasteiger charge is 2.43. The summed E-state index contributed by atoms with van der Waals surface area (Å²) in [5, 5.41) is 0. The average molecular weight is 238 g/mol. The van der Waals surface area contributed by atoms with Gasteiger partial charge in [-0.25, -0.2) is 0 Å². The first-order valence-electron chi connectivity index (χ1n) is 6.87. The van der Waals surface area contributed by atoms with Crippen LogP contribution in [0.5, 0.6) is 0 Å². The number of likely N-dealkylation sites (N-methyl/N-ethyl adjacent to an activating group) is 1. The van der Waals surface area contributed by atoms with E-state index in [4.69, 9.17) is 5.73 Å². The highest BCUT2D eigenvalue weighted by molar-refractivity contribution is 5.81. The summed E-state index contributed by atoms with van der Waals surface area (Å²) >= 11 is 0. The quantitative estimate of drug-likeness (QED) is 0.801. The van der Waals surface area contributed by atoms with Gasteiger partial charge in [-0.15, -0.1) is 0 Å². The number of piperidine rings is 1. The number of hydrogen-bond donors (Lipinski definition) is 1. The third-order valence-corrected chi connectivity index (χ3v) is 4.11. The molecule has 0 aromatic rings. The van der Waals surface area contributed by atoms with Crippen molar-refractivity contribution >= 4 is 5.96 Å². The highest BCUT2D eigenvalue weighted by Crippen LogP contribution is 2.32. The molecule has 0 radical (unpaired) electrons. The van der Waals surface area contributed by atoms with Crippen LogP contribution in [0.25, 0.3) is 0 Å². The van der Waals surface area contributed by atoms with E-state index in [1.807, 2.05) is 0 Å². The van der Waals surface area contributed by atoms with Gasteiger partial charge in [0.2, 0.25) is 0 Å². The molecule has 4 nitrogen and oxygen atoms in total. The topological polar surface area (TPSA) is 44.9 Å². The van der Waals surface area contributed by atoms with Gasteiger partial charge in [0, 0.05) is 26.2 Å². The summed E-state index contributed by atoms with van der Waals surface area (Å²) < 4.78 is 0. The molecule has 0 aromatic carbocycles. The third-order valence-electron chi connectivity index (χ3n) is 4.11. The second-order valence-corrected chi connectivity index (χ2v) is 5.84. The van der Waals surface area contributed by atoms with Gasteiger partial charge < -0.3 is 15.5 Å². The number of guanidine groups is 1. The Morgan fingerprint density at radius 2 is 2.00 bits per heavy atom. The highest BCUT2D eigenvalue weighted by atomic mass is 15.4. The molecule has 0 unspecified atom stereocenters. The van der Waals surface area contributed by atoms with Gasteiger partial charge in [0.05, 0.1) is 12.1 Å². The second-order valence-electron chi connectivity index (χ2n) is 5.84. The van der Waals surface area contributed by atoms with E-state index < -0.39 is 0 Å². The van der Waals surface area contributed by atoms with E-state index in [0.717, 1.165) is 25.0 Å². The Hall–Kier alpha value is -0.770. The van der Waals surface area contributed by atoms with E-state index in [1.54, 1.807) is 0 Å². The maximum Gasteiger partial charge on any atom is 0.191 e. The minimum Gasteiger partial charge on any atom is -0.370 e. The molecule has 1 fully saturated rings. The van der Waals surface area contributed by atoms with Crippen molar-refractivity contribution in [3.63, 3.8) is 0 Å². The van der Waals surface area contributed by atoms with Crippen LogP contribution in [-0.4, -0.2) is 54.0 Å². The zero-order valence-corrected chi connectivity index (χ0v) is 11.4. The molecule has 2 N–H and O–H groups in total. The van der Waals surface area contributed by atoms with Crippen LogP contribution in [-0.2, 0) is 0 Å². The molecule has 0 atom stereocenters. The summed E-state index contributed by atoms with van der Waals surface area (Å²) in [6.45, 7) is 12.3. The molecule has 0 bridgehead atoms. The van der Waals surface area contributed by atoms with Gasteiger partial charge in [0.1, 0.15) is 0 Å². The van der Waals surface area contributed by atoms with E-state index >= 15 is 0 Å². The molecule has 0 amide bonds. The van der Waals surface area contributed by atoms with E-state index in [1.165, 1.54) is 32.5 Å². The minimum atomic E-state index is 0.242. The minimum absolute atomic E-state index is 0.242. The molecule has 17 heavy (non-hydrogen) atoms. The molecule has 98 valence electrons.